The molecule has 0 spiro atoms. The van der Waals surface area contributed by atoms with Crippen LogP contribution in [-0.2, 0) is 12.8 Å². The minimum atomic E-state index is 0.336. The Kier molecular flexibility index (Phi) is 3.60. The van der Waals surface area contributed by atoms with Crippen molar-refractivity contribution in [1.82, 2.24) is 9.97 Å². The zero-order chi connectivity index (χ0) is 13.1. The lowest BCUT2D eigenvalue weighted by Gasteiger charge is -2.09. The Morgan fingerprint density at radius 3 is 2.33 bits per heavy atom. The smallest absolute Gasteiger partial charge is 0.220 e. The van der Waals surface area contributed by atoms with Crippen molar-refractivity contribution in [3.8, 4) is 11.3 Å². The molecule has 1 aromatic heterocycles. The zero-order valence-electron chi connectivity index (χ0n) is 11.2. The molecule has 0 saturated heterocycles. The quantitative estimate of drug-likeness (QED) is 0.898. The van der Waals surface area contributed by atoms with E-state index in [9.17, 15) is 0 Å². The summed E-state index contributed by atoms with van der Waals surface area (Å²) >= 11 is 0. The van der Waals surface area contributed by atoms with Crippen LogP contribution in [0.5, 0.6) is 0 Å². The van der Waals surface area contributed by atoms with Gasteiger partial charge in [0.15, 0.2) is 0 Å². The highest BCUT2D eigenvalue weighted by atomic mass is 15.0. The first kappa shape index (κ1) is 12.6. The van der Waals surface area contributed by atoms with E-state index in [4.69, 9.17) is 5.73 Å². The fourth-order valence-corrected chi connectivity index (χ4v) is 2.20. The molecule has 3 nitrogen and oxygen atoms in total. The molecular formula is C15H19N3. The maximum Gasteiger partial charge on any atom is 0.220 e. The fourth-order valence-electron chi connectivity index (χ4n) is 2.20. The molecule has 94 valence electrons. The van der Waals surface area contributed by atoms with Gasteiger partial charge in [0.2, 0.25) is 5.95 Å². The van der Waals surface area contributed by atoms with Crippen LogP contribution in [-0.4, -0.2) is 9.97 Å². The van der Waals surface area contributed by atoms with Gasteiger partial charge in [-0.2, -0.15) is 0 Å². The van der Waals surface area contributed by atoms with E-state index < -0.39 is 0 Å². The molecule has 0 aliphatic carbocycles. The number of benzene rings is 1. The van der Waals surface area contributed by atoms with E-state index >= 15 is 0 Å². The second-order valence-corrected chi connectivity index (χ2v) is 4.44. The Bertz CT molecular complexity index is 541. The fraction of sp³-hybridized carbons (Fsp3) is 0.333. The molecule has 0 atom stereocenters. The maximum atomic E-state index is 5.70. The number of nitrogens with zero attached hydrogens (tertiary/aromatic N) is 2. The van der Waals surface area contributed by atoms with Crippen molar-refractivity contribution in [2.45, 2.75) is 33.6 Å². The van der Waals surface area contributed by atoms with Gasteiger partial charge < -0.3 is 5.73 Å². The van der Waals surface area contributed by atoms with Crippen LogP contribution in [0.4, 0.5) is 5.95 Å². The van der Waals surface area contributed by atoms with Crippen molar-refractivity contribution in [1.29, 1.82) is 0 Å². The summed E-state index contributed by atoms with van der Waals surface area (Å²) in [5.41, 5.74) is 11.4. The number of rotatable bonds is 3. The molecule has 0 saturated carbocycles. The van der Waals surface area contributed by atoms with Crippen LogP contribution >= 0.6 is 0 Å². The van der Waals surface area contributed by atoms with Gasteiger partial charge in [0.25, 0.3) is 0 Å². The normalized spacial score (nSPS) is 10.6. The van der Waals surface area contributed by atoms with Gasteiger partial charge in [-0.25, -0.2) is 9.97 Å². The summed E-state index contributed by atoms with van der Waals surface area (Å²) in [5.74, 6) is 0.336. The second-order valence-electron chi connectivity index (χ2n) is 4.44. The van der Waals surface area contributed by atoms with E-state index in [0.717, 1.165) is 29.8 Å². The molecule has 0 fully saturated rings. The third kappa shape index (κ3) is 2.50. The largest absolute Gasteiger partial charge is 0.368 e. The van der Waals surface area contributed by atoms with Crippen molar-refractivity contribution in [3.05, 3.63) is 41.1 Å². The molecule has 18 heavy (non-hydrogen) atoms. The molecule has 0 aliphatic heterocycles. The average molecular weight is 241 g/mol. The Morgan fingerprint density at radius 2 is 1.72 bits per heavy atom. The SMILES string of the molecule is CCc1ccc(-c2cc(C)nc(N)n2)cc1CC. The first-order chi connectivity index (χ1) is 8.63. The van der Waals surface area contributed by atoms with E-state index in [-0.39, 0.29) is 0 Å². The third-order valence-corrected chi connectivity index (χ3v) is 3.14. The van der Waals surface area contributed by atoms with Crippen molar-refractivity contribution in [3.63, 3.8) is 0 Å². The van der Waals surface area contributed by atoms with Gasteiger partial charge in [-0.1, -0.05) is 26.0 Å². The Balaban J connectivity index is 2.50. The molecule has 3 heteroatoms. The molecule has 0 radical (unpaired) electrons. The molecule has 2 rings (SSSR count). The van der Waals surface area contributed by atoms with Gasteiger partial charge >= 0.3 is 0 Å². The molecule has 0 unspecified atom stereocenters. The summed E-state index contributed by atoms with van der Waals surface area (Å²) < 4.78 is 0. The number of hydrogen-bond acceptors (Lipinski definition) is 3. The standard InChI is InChI=1S/C15H19N3/c1-4-11-6-7-13(9-12(11)5-2)14-8-10(3)17-15(16)18-14/h6-9H,4-5H2,1-3H3,(H2,16,17,18). The minimum Gasteiger partial charge on any atom is -0.368 e. The highest BCUT2D eigenvalue weighted by Crippen LogP contribution is 2.22. The van der Waals surface area contributed by atoms with Crippen LogP contribution < -0.4 is 5.73 Å². The van der Waals surface area contributed by atoms with E-state index in [1.165, 1.54) is 11.1 Å². The first-order valence-corrected chi connectivity index (χ1v) is 6.37. The van der Waals surface area contributed by atoms with Crippen molar-refractivity contribution >= 4 is 5.95 Å². The van der Waals surface area contributed by atoms with Gasteiger partial charge in [-0.15, -0.1) is 0 Å². The number of nitrogen functional groups attached to an aromatic ring is 1. The number of aryl methyl sites for hydroxylation is 3. The van der Waals surface area contributed by atoms with Crippen molar-refractivity contribution in [2.75, 3.05) is 5.73 Å². The van der Waals surface area contributed by atoms with Crippen molar-refractivity contribution in [2.24, 2.45) is 0 Å². The lowest BCUT2D eigenvalue weighted by Crippen LogP contribution is -1.99. The Morgan fingerprint density at radius 1 is 1.00 bits per heavy atom. The van der Waals surface area contributed by atoms with E-state index in [0.29, 0.717) is 5.95 Å². The van der Waals surface area contributed by atoms with Gasteiger partial charge in [0.1, 0.15) is 0 Å². The van der Waals surface area contributed by atoms with E-state index in [1.807, 2.05) is 13.0 Å². The summed E-state index contributed by atoms with van der Waals surface area (Å²) in [6.45, 7) is 6.29. The van der Waals surface area contributed by atoms with Crippen LogP contribution in [0.15, 0.2) is 24.3 Å². The number of nitrogens with two attached hydrogens (primary N) is 1. The van der Waals surface area contributed by atoms with Gasteiger partial charge in [-0.05, 0) is 43.0 Å². The van der Waals surface area contributed by atoms with Crippen LogP contribution in [0, 0.1) is 6.92 Å². The molecule has 1 aromatic carbocycles. The van der Waals surface area contributed by atoms with Gasteiger partial charge in [0.05, 0.1) is 5.69 Å². The highest BCUT2D eigenvalue weighted by Gasteiger charge is 2.06. The predicted octanol–water partition coefficient (Wildman–Crippen LogP) is 3.16. The monoisotopic (exact) mass is 241 g/mol. The minimum absolute atomic E-state index is 0.336. The van der Waals surface area contributed by atoms with Gasteiger partial charge in [0, 0.05) is 11.3 Å². The first-order valence-electron chi connectivity index (χ1n) is 6.37. The summed E-state index contributed by atoms with van der Waals surface area (Å²) in [6.07, 6.45) is 2.10. The van der Waals surface area contributed by atoms with E-state index in [1.54, 1.807) is 0 Å². The predicted molar refractivity (Wildman–Crippen MR) is 75.4 cm³/mol. The van der Waals surface area contributed by atoms with Crippen LogP contribution in [0.1, 0.15) is 30.7 Å². The molecule has 2 N–H and O–H groups in total. The molecule has 1 heterocycles. The summed E-state index contributed by atoms with van der Waals surface area (Å²) in [6, 6.07) is 8.47. The maximum absolute atomic E-state index is 5.70. The summed E-state index contributed by atoms with van der Waals surface area (Å²) in [4.78, 5) is 8.40. The zero-order valence-corrected chi connectivity index (χ0v) is 11.2. The Hall–Kier alpha value is -1.90. The van der Waals surface area contributed by atoms with Crippen LogP contribution in [0.3, 0.4) is 0 Å². The molecule has 0 aliphatic rings. The number of aromatic nitrogens is 2. The molecular weight excluding hydrogens is 222 g/mol. The average Bonchev–Trinajstić information content (AvgIpc) is 2.36. The topological polar surface area (TPSA) is 51.8 Å². The van der Waals surface area contributed by atoms with Gasteiger partial charge in [-0.3, -0.25) is 0 Å². The molecule has 0 bridgehead atoms. The van der Waals surface area contributed by atoms with Crippen LogP contribution in [0.25, 0.3) is 11.3 Å². The molecule has 0 amide bonds. The van der Waals surface area contributed by atoms with Crippen molar-refractivity contribution < 1.29 is 0 Å². The second kappa shape index (κ2) is 5.17. The third-order valence-electron chi connectivity index (χ3n) is 3.14. The summed E-state index contributed by atoms with van der Waals surface area (Å²) in [5, 5.41) is 0. The Labute approximate surface area is 108 Å². The lowest BCUT2D eigenvalue weighted by molar-refractivity contribution is 1.04. The highest BCUT2D eigenvalue weighted by molar-refractivity contribution is 5.62. The number of anilines is 1. The summed E-state index contributed by atoms with van der Waals surface area (Å²) in [7, 11) is 0. The van der Waals surface area contributed by atoms with Crippen LogP contribution in [0.2, 0.25) is 0 Å². The number of hydrogen-bond donors (Lipinski definition) is 1. The molecule has 2 aromatic rings. The van der Waals surface area contributed by atoms with E-state index in [2.05, 4.69) is 42.0 Å². The lowest BCUT2D eigenvalue weighted by atomic mass is 9.98.